The van der Waals surface area contributed by atoms with E-state index in [2.05, 4.69) is 4.99 Å². The smallest absolute Gasteiger partial charge is 0.357 e. The van der Waals surface area contributed by atoms with E-state index >= 15 is 0 Å². The summed E-state index contributed by atoms with van der Waals surface area (Å²) < 4.78 is 10.1. The third-order valence-corrected chi connectivity index (χ3v) is 5.78. The second-order valence-corrected chi connectivity index (χ2v) is 9.14. The summed E-state index contributed by atoms with van der Waals surface area (Å²) in [5.41, 5.74) is 5.48. The van der Waals surface area contributed by atoms with Crippen LogP contribution in [-0.4, -0.2) is 71.2 Å². The van der Waals surface area contributed by atoms with Gasteiger partial charge in [0.15, 0.2) is 0 Å². The predicted molar refractivity (Wildman–Crippen MR) is 109 cm³/mol. The number of ether oxygens (including phenoxy) is 2. The Bertz CT molecular complexity index is 713. The topological polar surface area (TPSA) is 132 Å². The van der Waals surface area contributed by atoms with Crippen molar-refractivity contribution in [2.45, 2.75) is 46.3 Å². The number of nitrogens with two attached hydrogens (primary N) is 1. The van der Waals surface area contributed by atoms with E-state index in [1.165, 1.54) is 11.2 Å². The lowest BCUT2D eigenvalue weighted by Gasteiger charge is -2.44. The van der Waals surface area contributed by atoms with Crippen molar-refractivity contribution in [2.24, 2.45) is 22.1 Å². The first-order valence-electron chi connectivity index (χ1n) is 9.44. The summed E-state index contributed by atoms with van der Waals surface area (Å²) in [6.07, 6.45) is 0.954. The third-order valence-electron chi connectivity index (χ3n) is 4.75. The normalized spacial score (nSPS) is 22.5. The van der Waals surface area contributed by atoms with Gasteiger partial charge in [-0.25, -0.2) is 4.79 Å². The highest BCUT2D eigenvalue weighted by Gasteiger charge is 2.56. The van der Waals surface area contributed by atoms with Crippen LogP contribution in [0.4, 0.5) is 0 Å². The van der Waals surface area contributed by atoms with Crippen molar-refractivity contribution < 1.29 is 29.0 Å². The molecule has 1 fully saturated rings. The van der Waals surface area contributed by atoms with Crippen molar-refractivity contribution in [2.75, 3.05) is 24.8 Å². The van der Waals surface area contributed by atoms with Crippen LogP contribution in [0.15, 0.2) is 16.3 Å². The number of carbonyl (C=O) groups excluding carboxylic acids is 3. The Morgan fingerprint density at radius 1 is 1.41 bits per heavy atom. The van der Waals surface area contributed by atoms with Gasteiger partial charge in [-0.1, -0.05) is 0 Å². The van der Waals surface area contributed by atoms with E-state index in [0.717, 1.165) is 5.57 Å². The fourth-order valence-corrected chi connectivity index (χ4v) is 4.17. The number of hydrogen-bond donors (Lipinski definition) is 2. The molecule has 0 aromatic heterocycles. The van der Waals surface area contributed by atoms with Crippen LogP contribution in [-0.2, 0) is 23.9 Å². The van der Waals surface area contributed by atoms with Crippen molar-refractivity contribution in [3.05, 3.63) is 11.3 Å². The Balaban J connectivity index is 2.05. The Hall–Kier alpha value is -2.07. The van der Waals surface area contributed by atoms with Gasteiger partial charge in [0.25, 0.3) is 0 Å². The molecule has 2 heterocycles. The first-order chi connectivity index (χ1) is 13.6. The number of β-lactam (4-membered cyclic amide) rings is 1. The maximum Gasteiger partial charge on any atom is 0.357 e. The zero-order valence-corrected chi connectivity index (χ0v) is 18.0. The summed E-state index contributed by atoms with van der Waals surface area (Å²) in [4.78, 5) is 42.3. The summed E-state index contributed by atoms with van der Waals surface area (Å²) in [7, 11) is 0. The van der Waals surface area contributed by atoms with E-state index in [1.54, 1.807) is 39.5 Å². The van der Waals surface area contributed by atoms with Gasteiger partial charge in [-0.05, 0) is 39.7 Å². The Labute approximate surface area is 174 Å². The van der Waals surface area contributed by atoms with Crippen molar-refractivity contribution in [3.63, 3.8) is 0 Å². The van der Waals surface area contributed by atoms with Gasteiger partial charge < -0.3 is 25.2 Å². The van der Waals surface area contributed by atoms with Crippen molar-refractivity contribution in [3.8, 4) is 0 Å². The summed E-state index contributed by atoms with van der Waals surface area (Å²) >= 11 is 1.57. The average Bonchev–Trinajstić information content (AvgIpc) is 2.94. The van der Waals surface area contributed by atoms with Crippen LogP contribution in [0.2, 0.25) is 0 Å². The zero-order valence-electron chi connectivity index (χ0n) is 17.2. The number of esters is 2. The SMILES string of the molecule is CC(O)C1C(=O)N2C(C(=O)OCOC(=O)C(C)(C)C)=C(CSCCN=CN)CC12. The quantitative estimate of drug-likeness (QED) is 0.137. The van der Waals surface area contributed by atoms with Crippen LogP contribution in [0, 0.1) is 11.3 Å². The molecule has 29 heavy (non-hydrogen) atoms. The highest BCUT2D eigenvalue weighted by atomic mass is 32.2. The van der Waals surface area contributed by atoms with Crippen LogP contribution < -0.4 is 5.73 Å². The minimum Gasteiger partial charge on any atom is -0.427 e. The van der Waals surface area contributed by atoms with Crippen molar-refractivity contribution in [1.82, 2.24) is 4.90 Å². The van der Waals surface area contributed by atoms with E-state index in [-0.39, 0.29) is 17.6 Å². The molecule has 0 aromatic carbocycles. The lowest BCUT2D eigenvalue weighted by molar-refractivity contribution is -0.175. The molecule has 0 spiro atoms. The number of aliphatic imine (C=N–C) groups is 1. The molecule has 0 radical (unpaired) electrons. The van der Waals surface area contributed by atoms with Crippen LogP contribution in [0.5, 0.6) is 0 Å². The number of thioether (sulfide) groups is 1. The predicted octanol–water partition coefficient (Wildman–Crippen LogP) is 0.662. The molecule has 3 atom stereocenters. The molecule has 0 saturated carbocycles. The number of nitrogens with zero attached hydrogens (tertiary/aromatic N) is 2. The molecule has 0 bridgehead atoms. The Kier molecular flexibility index (Phi) is 7.70. The summed E-state index contributed by atoms with van der Waals surface area (Å²) in [5, 5.41) is 9.88. The first kappa shape index (κ1) is 23.2. The molecule has 9 nitrogen and oxygen atoms in total. The summed E-state index contributed by atoms with van der Waals surface area (Å²) in [6.45, 7) is 6.69. The van der Waals surface area contributed by atoms with E-state index in [0.29, 0.717) is 24.5 Å². The van der Waals surface area contributed by atoms with Crippen molar-refractivity contribution in [1.29, 1.82) is 0 Å². The van der Waals surface area contributed by atoms with E-state index < -0.39 is 36.2 Å². The van der Waals surface area contributed by atoms with Gasteiger partial charge in [0.1, 0.15) is 5.70 Å². The Morgan fingerprint density at radius 2 is 2.10 bits per heavy atom. The van der Waals surface area contributed by atoms with Crippen LogP contribution in [0.3, 0.4) is 0 Å². The summed E-state index contributed by atoms with van der Waals surface area (Å²) in [5.74, 6) is -0.784. The maximum atomic E-state index is 12.7. The number of hydrogen-bond acceptors (Lipinski definition) is 8. The number of carbonyl (C=O) groups is 3. The second-order valence-electron chi connectivity index (χ2n) is 8.04. The van der Waals surface area contributed by atoms with Crippen LogP contribution in [0.25, 0.3) is 0 Å². The van der Waals surface area contributed by atoms with Gasteiger partial charge in [-0.3, -0.25) is 14.6 Å². The maximum absolute atomic E-state index is 12.7. The molecular weight excluding hydrogens is 398 g/mol. The molecule has 2 aliphatic heterocycles. The van der Waals surface area contributed by atoms with Gasteiger partial charge in [0, 0.05) is 18.1 Å². The standard InChI is InChI=1S/C19H29N3O6S/c1-11(23)14-13-7-12(8-29-6-5-21-9-20)15(22(13)16(14)24)17(25)27-10-28-18(26)19(2,3)4/h9,11,13-14,23H,5-8,10H2,1-4H3,(H2,20,21). The van der Waals surface area contributed by atoms with Gasteiger partial charge in [0.2, 0.25) is 12.7 Å². The van der Waals surface area contributed by atoms with Crippen LogP contribution >= 0.6 is 11.8 Å². The average molecular weight is 428 g/mol. The van der Waals surface area contributed by atoms with Gasteiger partial charge in [0.05, 0.1) is 29.8 Å². The third kappa shape index (κ3) is 5.30. The number of fused-ring (bicyclic) bond motifs is 1. The molecule has 2 aliphatic rings. The largest absolute Gasteiger partial charge is 0.427 e. The number of rotatable bonds is 9. The first-order valence-corrected chi connectivity index (χ1v) is 10.6. The van der Waals surface area contributed by atoms with E-state index in [4.69, 9.17) is 15.2 Å². The molecule has 0 aromatic rings. The molecular formula is C19H29N3O6S. The monoisotopic (exact) mass is 427 g/mol. The molecule has 0 aliphatic carbocycles. The fraction of sp³-hybridized carbons (Fsp3) is 0.684. The lowest BCUT2D eigenvalue weighted by atomic mass is 9.83. The number of aliphatic hydroxyl groups excluding tert-OH is 1. The molecule has 3 N–H and O–H groups in total. The number of aliphatic hydroxyl groups is 1. The molecule has 10 heteroatoms. The molecule has 162 valence electrons. The molecule has 3 unspecified atom stereocenters. The molecule has 2 rings (SSSR count). The minimum absolute atomic E-state index is 0.193. The zero-order chi connectivity index (χ0) is 21.8. The highest BCUT2D eigenvalue weighted by Crippen LogP contribution is 2.44. The summed E-state index contributed by atoms with van der Waals surface area (Å²) in [6, 6.07) is -0.250. The second kappa shape index (κ2) is 9.62. The van der Waals surface area contributed by atoms with E-state index in [9.17, 15) is 19.5 Å². The molecule has 1 amide bonds. The van der Waals surface area contributed by atoms with Gasteiger partial charge >= 0.3 is 11.9 Å². The highest BCUT2D eigenvalue weighted by molar-refractivity contribution is 7.99. The molecule has 1 saturated heterocycles. The fourth-order valence-electron chi connectivity index (χ4n) is 3.29. The van der Waals surface area contributed by atoms with Crippen molar-refractivity contribution >= 4 is 35.9 Å². The van der Waals surface area contributed by atoms with Gasteiger partial charge in [-0.2, -0.15) is 11.8 Å². The lowest BCUT2D eigenvalue weighted by Crippen LogP contribution is -2.61. The Morgan fingerprint density at radius 3 is 2.69 bits per heavy atom. The van der Waals surface area contributed by atoms with E-state index in [1.807, 2.05) is 0 Å². The van der Waals surface area contributed by atoms with Crippen LogP contribution in [0.1, 0.15) is 34.1 Å². The minimum atomic E-state index is -0.792. The number of amides is 1. The van der Waals surface area contributed by atoms with Gasteiger partial charge in [-0.15, -0.1) is 0 Å².